The monoisotopic (exact) mass is 294 g/mol. The first kappa shape index (κ1) is 15.6. The fraction of sp³-hybridized carbons (Fsp3) is 0.923. The number of methoxy groups -OCH3 is 1. The highest BCUT2D eigenvalue weighted by Crippen LogP contribution is 2.45. The highest BCUT2D eigenvalue weighted by atomic mass is 19.4. The molecular weight excluding hydrogens is 273 g/mol. The highest BCUT2D eigenvalue weighted by molar-refractivity contribution is 5.84. The lowest BCUT2D eigenvalue weighted by atomic mass is 9.83. The summed E-state index contributed by atoms with van der Waals surface area (Å²) >= 11 is 0. The molecule has 0 bridgehead atoms. The number of carbonyl (C=O) groups is 1. The molecule has 1 N–H and O–H groups in total. The topological polar surface area (TPSA) is 41.6 Å². The van der Waals surface area contributed by atoms with Gasteiger partial charge in [-0.3, -0.25) is 4.79 Å². The van der Waals surface area contributed by atoms with E-state index in [1.165, 1.54) is 12.0 Å². The summed E-state index contributed by atoms with van der Waals surface area (Å²) in [5, 5.41) is 2.68. The Kier molecular flexibility index (Phi) is 4.03. The highest BCUT2D eigenvalue weighted by Gasteiger charge is 2.62. The van der Waals surface area contributed by atoms with Gasteiger partial charge in [0.2, 0.25) is 5.91 Å². The van der Waals surface area contributed by atoms with Crippen molar-refractivity contribution in [3.63, 3.8) is 0 Å². The maximum atomic E-state index is 13.4. The van der Waals surface area contributed by atoms with Gasteiger partial charge in [-0.25, -0.2) is 0 Å². The smallest absolute Gasteiger partial charge is 0.377 e. The third-order valence-electron chi connectivity index (χ3n) is 4.55. The van der Waals surface area contributed by atoms with Crippen LogP contribution in [0.5, 0.6) is 0 Å². The molecule has 0 aromatic heterocycles. The molecule has 0 aliphatic carbocycles. The number of halogens is 3. The van der Waals surface area contributed by atoms with E-state index in [-0.39, 0.29) is 26.1 Å². The number of likely N-dealkylation sites (tertiary alicyclic amines) is 1. The minimum absolute atomic E-state index is 0.185. The fourth-order valence-electron chi connectivity index (χ4n) is 3.09. The standard InChI is InChI=1S/C13H21F3N2O2/c1-11(20-2)4-3-7-18(9-11)10(19)12(13(14,15)16)5-6-17-8-12/h17H,3-9H2,1-2H3. The lowest BCUT2D eigenvalue weighted by Crippen LogP contribution is -2.58. The van der Waals surface area contributed by atoms with E-state index in [1.54, 1.807) is 0 Å². The lowest BCUT2D eigenvalue weighted by Gasteiger charge is -2.43. The number of alkyl halides is 3. The van der Waals surface area contributed by atoms with E-state index in [1.807, 2.05) is 6.92 Å². The number of carbonyl (C=O) groups excluding carboxylic acids is 1. The Labute approximate surface area is 116 Å². The van der Waals surface area contributed by atoms with Gasteiger partial charge in [-0.15, -0.1) is 0 Å². The molecule has 0 saturated carbocycles. The SMILES string of the molecule is COC1(C)CCCN(C(=O)C2(C(F)(F)F)CCNC2)C1. The molecule has 4 nitrogen and oxygen atoms in total. The number of nitrogens with zero attached hydrogens (tertiary/aromatic N) is 1. The predicted octanol–water partition coefficient (Wildman–Crippen LogP) is 1.56. The zero-order valence-corrected chi connectivity index (χ0v) is 11.8. The number of nitrogens with one attached hydrogen (secondary N) is 1. The van der Waals surface area contributed by atoms with Crippen LogP contribution in [0.3, 0.4) is 0 Å². The Bertz CT molecular complexity index is 380. The summed E-state index contributed by atoms with van der Waals surface area (Å²) in [4.78, 5) is 13.8. The second-order valence-electron chi connectivity index (χ2n) is 5.99. The van der Waals surface area contributed by atoms with E-state index in [0.29, 0.717) is 13.0 Å². The average molecular weight is 294 g/mol. The van der Waals surface area contributed by atoms with Crippen LogP contribution in [0.1, 0.15) is 26.2 Å². The molecular formula is C13H21F3N2O2. The summed E-state index contributed by atoms with van der Waals surface area (Å²) < 4.78 is 45.5. The summed E-state index contributed by atoms with van der Waals surface area (Å²) in [5.41, 5.74) is -2.81. The summed E-state index contributed by atoms with van der Waals surface area (Å²) in [6.45, 7) is 2.32. The van der Waals surface area contributed by atoms with Crippen molar-refractivity contribution >= 4 is 5.91 Å². The second-order valence-corrected chi connectivity index (χ2v) is 5.99. The van der Waals surface area contributed by atoms with Gasteiger partial charge in [0.05, 0.1) is 5.60 Å². The predicted molar refractivity (Wildman–Crippen MR) is 67.2 cm³/mol. The molecule has 20 heavy (non-hydrogen) atoms. The van der Waals surface area contributed by atoms with Crippen LogP contribution in [0.4, 0.5) is 13.2 Å². The van der Waals surface area contributed by atoms with Gasteiger partial charge >= 0.3 is 6.18 Å². The Hall–Kier alpha value is -0.820. The maximum Gasteiger partial charge on any atom is 0.404 e. The zero-order valence-electron chi connectivity index (χ0n) is 11.8. The van der Waals surface area contributed by atoms with Crippen molar-refractivity contribution in [2.24, 2.45) is 5.41 Å². The van der Waals surface area contributed by atoms with Crippen molar-refractivity contribution < 1.29 is 22.7 Å². The Morgan fingerprint density at radius 1 is 1.35 bits per heavy atom. The van der Waals surface area contributed by atoms with E-state index in [9.17, 15) is 18.0 Å². The number of amides is 1. The molecule has 2 fully saturated rings. The van der Waals surface area contributed by atoms with Gasteiger partial charge < -0.3 is 15.0 Å². The molecule has 2 unspecified atom stereocenters. The number of hydrogen-bond donors (Lipinski definition) is 1. The van der Waals surface area contributed by atoms with E-state index >= 15 is 0 Å². The van der Waals surface area contributed by atoms with Crippen LogP contribution in [0.2, 0.25) is 0 Å². The zero-order chi connectivity index (χ0) is 15.0. The van der Waals surface area contributed by atoms with Crippen LogP contribution in [0, 0.1) is 5.41 Å². The van der Waals surface area contributed by atoms with Gasteiger partial charge in [-0.1, -0.05) is 0 Å². The van der Waals surface area contributed by atoms with Crippen LogP contribution in [-0.4, -0.2) is 55.9 Å². The Balaban J connectivity index is 2.21. The third kappa shape index (κ3) is 2.53. The first-order valence-corrected chi connectivity index (χ1v) is 6.86. The molecule has 7 heteroatoms. The van der Waals surface area contributed by atoms with Crippen LogP contribution < -0.4 is 5.32 Å². The molecule has 1 amide bonds. The second kappa shape index (κ2) is 5.18. The fourth-order valence-corrected chi connectivity index (χ4v) is 3.09. The molecule has 2 aliphatic rings. The van der Waals surface area contributed by atoms with Gasteiger partial charge in [-0.05, 0) is 32.7 Å². The summed E-state index contributed by atoms with van der Waals surface area (Å²) in [7, 11) is 1.53. The average Bonchev–Trinajstić information content (AvgIpc) is 2.88. The van der Waals surface area contributed by atoms with Gasteiger partial charge in [0.1, 0.15) is 0 Å². The van der Waals surface area contributed by atoms with E-state index in [0.717, 1.165) is 6.42 Å². The molecule has 0 aromatic rings. The van der Waals surface area contributed by atoms with Crippen molar-refractivity contribution in [3.05, 3.63) is 0 Å². The number of ether oxygens (including phenoxy) is 1. The molecule has 2 atom stereocenters. The van der Waals surface area contributed by atoms with Gasteiger partial charge in [0, 0.05) is 26.7 Å². The van der Waals surface area contributed by atoms with Crippen molar-refractivity contribution in [1.29, 1.82) is 0 Å². The van der Waals surface area contributed by atoms with Gasteiger partial charge in [0.25, 0.3) is 0 Å². The third-order valence-corrected chi connectivity index (χ3v) is 4.55. The quantitative estimate of drug-likeness (QED) is 0.840. The molecule has 2 rings (SSSR count). The van der Waals surface area contributed by atoms with Crippen molar-refractivity contribution in [2.45, 2.75) is 38.0 Å². The van der Waals surface area contributed by atoms with Crippen molar-refractivity contribution in [1.82, 2.24) is 10.2 Å². The number of rotatable bonds is 2. The van der Waals surface area contributed by atoms with Gasteiger partial charge in [-0.2, -0.15) is 13.2 Å². The maximum absolute atomic E-state index is 13.4. The van der Waals surface area contributed by atoms with E-state index in [4.69, 9.17) is 4.74 Å². The summed E-state index contributed by atoms with van der Waals surface area (Å²) in [5.74, 6) is -0.807. The van der Waals surface area contributed by atoms with E-state index in [2.05, 4.69) is 5.32 Å². The van der Waals surface area contributed by atoms with Crippen LogP contribution >= 0.6 is 0 Å². The van der Waals surface area contributed by atoms with Crippen LogP contribution in [-0.2, 0) is 9.53 Å². The van der Waals surface area contributed by atoms with Crippen LogP contribution in [0.25, 0.3) is 0 Å². The molecule has 0 radical (unpaired) electrons. The van der Waals surface area contributed by atoms with Gasteiger partial charge in [0.15, 0.2) is 5.41 Å². The number of hydrogen-bond acceptors (Lipinski definition) is 3. The normalized spacial score (nSPS) is 35.4. The number of piperidine rings is 1. The Morgan fingerprint density at radius 3 is 2.55 bits per heavy atom. The molecule has 116 valence electrons. The first-order valence-electron chi connectivity index (χ1n) is 6.86. The minimum atomic E-state index is -4.52. The lowest BCUT2D eigenvalue weighted by molar-refractivity contribution is -0.224. The minimum Gasteiger partial charge on any atom is -0.377 e. The summed E-state index contributed by atoms with van der Waals surface area (Å²) in [6.07, 6.45) is -3.29. The van der Waals surface area contributed by atoms with Crippen LogP contribution in [0.15, 0.2) is 0 Å². The van der Waals surface area contributed by atoms with Crippen molar-refractivity contribution in [3.8, 4) is 0 Å². The molecule has 2 saturated heterocycles. The Morgan fingerprint density at radius 2 is 2.05 bits per heavy atom. The molecule has 2 aliphatic heterocycles. The van der Waals surface area contributed by atoms with E-state index < -0.39 is 23.1 Å². The molecule has 0 aromatic carbocycles. The largest absolute Gasteiger partial charge is 0.404 e. The molecule has 2 heterocycles. The molecule has 0 spiro atoms. The summed E-state index contributed by atoms with van der Waals surface area (Å²) in [6, 6.07) is 0. The first-order chi connectivity index (χ1) is 9.24. The van der Waals surface area contributed by atoms with Crippen molar-refractivity contribution in [2.75, 3.05) is 33.3 Å².